The zero-order chi connectivity index (χ0) is 28.4. The molecule has 0 bridgehead atoms. The van der Waals surface area contributed by atoms with Gasteiger partial charge in [-0.25, -0.2) is 14.8 Å². The molecule has 5 rings (SSSR count). The van der Waals surface area contributed by atoms with Crippen LogP contribution >= 0.6 is 11.3 Å². The Kier molecular flexibility index (Phi) is 8.09. The quantitative estimate of drug-likeness (QED) is 0.264. The van der Waals surface area contributed by atoms with Crippen LogP contribution in [0.25, 0.3) is 21.3 Å². The SMILES string of the molecule is COc1cc(C2CCN(C(=O)OC(C)(C)C)CC2)ccc1Nc1ncc2scc(-c3ccccc3S(C)=O)c2n1. The van der Waals surface area contributed by atoms with E-state index in [2.05, 4.69) is 22.4 Å². The number of piperidine rings is 1. The number of fused-ring (bicyclic) bond motifs is 1. The molecule has 0 radical (unpaired) electrons. The van der Waals surface area contributed by atoms with Gasteiger partial charge >= 0.3 is 6.09 Å². The number of benzene rings is 2. The van der Waals surface area contributed by atoms with Gasteiger partial charge in [0.25, 0.3) is 0 Å². The second-order valence-electron chi connectivity index (χ2n) is 10.8. The Balaban J connectivity index is 1.34. The van der Waals surface area contributed by atoms with Crippen LogP contribution in [0.1, 0.15) is 45.1 Å². The van der Waals surface area contributed by atoms with E-state index in [1.165, 1.54) is 5.56 Å². The lowest BCUT2D eigenvalue weighted by molar-refractivity contribution is 0.0205. The molecule has 10 heteroatoms. The van der Waals surface area contributed by atoms with Crippen molar-refractivity contribution >= 4 is 50.1 Å². The van der Waals surface area contributed by atoms with Gasteiger partial charge in [0.2, 0.25) is 5.95 Å². The van der Waals surface area contributed by atoms with Gasteiger partial charge < -0.3 is 19.7 Å². The van der Waals surface area contributed by atoms with Crippen LogP contribution in [0.4, 0.5) is 16.4 Å². The predicted molar refractivity (Wildman–Crippen MR) is 161 cm³/mol. The van der Waals surface area contributed by atoms with E-state index >= 15 is 0 Å². The number of nitrogens with zero attached hydrogens (tertiary/aromatic N) is 3. The maximum atomic E-state index is 12.4. The minimum Gasteiger partial charge on any atom is -0.495 e. The van der Waals surface area contributed by atoms with E-state index in [1.807, 2.05) is 62.7 Å². The van der Waals surface area contributed by atoms with Crippen molar-refractivity contribution in [2.75, 3.05) is 31.8 Å². The van der Waals surface area contributed by atoms with Crippen LogP contribution in [-0.4, -0.2) is 57.2 Å². The number of anilines is 2. The molecule has 0 spiro atoms. The summed E-state index contributed by atoms with van der Waals surface area (Å²) in [5.41, 5.74) is 4.11. The molecular formula is C30H34N4O4S2. The monoisotopic (exact) mass is 578 g/mol. The molecule has 210 valence electrons. The molecule has 40 heavy (non-hydrogen) atoms. The van der Waals surface area contributed by atoms with E-state index in [4.69, 9.17) is 14.5 Å². The highest BCUT2D eigenvalue weighted by Crippen LogP contribution is 2.38. The van der Waals surface area contributed by atoms with Crippen molar-refractivity contribution in [2.45, 2.75) is 50.0 Å². The number of nitrogens with one attached hydrogen (secondary N) is 1. The average Bonchev–Trinajstić information content (AvgIpc) is 3.35. The van der Waals surface area contributed by atoms with Crippen molar-refractivity contribution in [3.8, 4) is 16.9 Å². The smallest absolute Gasteiger partial charge is 0.410 e. The second kappa shape index (κ2) is 11.5. The summed E-state index contributed by atoms with van der Waals surface area (Å²) in [6, 6.07) is 13.9. The Morgan fingerprint density at radius 2 is 1.88 bits per heavy atom. The summed E-state index contributed by atoms with van der Waals surface area (Å²) in [5, 5.41) is 5.36. The number of ether oxygens (including phenoxy) is 2. The number of hydrogen-bond donors (Lipinski definition) is 1. The number of thiophene rings is 1. The fraction of sp³-hybridized carbons (Fsp3) is 0.367. The fourth-order valence-corrected chi connectivity index (χ4v) is 6.55. The summed E-state index contributed by atoms with van der Waals surface area (Å²) in [5.74, 6) is 1.48. The van der Waals surface area contributed by atoms with Gasteiger partial charge in [0, 0.05) is 40.7 Å². The van der Waals surface area contributed by atoms with E-state index < -0.39 is 16.4 Å². The number of hydrogen-bond acceptors (Lipinski definition) is 8. The first-order chi connectivity index (χ1) is 19.1. The average molecular weight is 579 g/mol. The number of carbonyl (C=O) groups excluding carboxylic acids is 1. The van der Waals surface area contributed by atoms with Crippen LogP contribution in [0.15, 0.2) is 58.9 Å². The van der Waals surface area contributed by atoms with Crippen molar-refractivity contribution in [1.82, 2.24) is 14.9 Å². The Bertz CT molecular complexity index is 1560. The maximum Gasteiger partial charge on any atom is 0.410 e. The van der Waals surface area contributed by atoms with Crippen molar-refractivity contribution < 1.29 is 18.5 Å². The van der Waals surface area contributed by atoms with Gasteiger partial charge in [0.15, 0.2) is 0 Å². The standard InChI is InChI=1S/C30H34N4O4S2/c1-30(2,3)38-29(35)34-14-12-19(13-15-34)20-10-11-23(24(16-20)37-4)32-28-31-17-25-27(33-28)22(18-39-25)21-8-6-7-9-26(21)40(5)36/h6-11,16-19H,12-15H2,1-5H3,(H,31,32,33). The predicted octanol–water partition coefficient (Wildman–Crippen LogP) is 6.96. The first-order valence-corrected chi connectivity index (χ1v) is 15.7. The molecule has 1 saturated heterocycles. The molecule has 0 saturated carbocycles. The molecule has 1 aliphatic rings. The Hall–Kier alpha value is -3.50. The third kappa shape index (κ3) is 6.13. The van der Waals surface area contributed by atoms with Crippen LogP contribution in [0, 0.1) is 0 Å². The minimum atomic E-state index is -1.12. The number of rotatable bonds is 6. The topological polar surface area (TPSA) is 93.6 Å². The summed E-state index contributed by atoms with van der Waals surface area (Å²) in [6.45, 7) is 6.98. The van der Waals surface area contributed by atoms with E-state index in [0.717, 1.165) is 44.8 Å². The van der Waals surface area contributed by atoms with Crippen LogP contribution in [-0.2, 0) is 15.5 Å². The van der Waals surface area contributed by atoms with Crippen molar-refractivity contribution in [1.29, 1.82) is 0 Å². The van der Waals surface area contributed by atoms with Crippen LogP contribution in [0.5, 0.6) is 5.75 Å². The first kappa shape index (κ1) is 28.0. The highest BCUT2D eigenvalue weighted by molar-refractivity contribution is 7.84. The largest absolute Gasteiger partial charge is 0.495 e. The van der Waals surface area contributed by atoms with Crippen LogP contribution < -0.4 is 10.1 Å². The summed E-state index contributed by atoms with van der Waals surface area (Å²) < 4.78 is 24.6. The highest BCUT2D eigenvalue weighted by atomic mass is 32.2. The lowest BCUT2D eigenvalue weighted by Crippen LogP contribution is -2.41. The lowest BCUT2D eigenvalue weighted by atomic mass is 9.89. The normalized spacial score (nSPS) is 15.2. The van der Waals surface area contributed by atoms with Gasteiger partial charge in [0.1, 0.15) is 11.4 Å². The van der Waals surface area contributed by atoms with Crippen molar-refractivity contribution in [3.63, 3.8) is 0 Å². The first-order valence-electron chi connectivity index (χ1n) is 13.2. The molecule has 0 aliphatic carbocycles. The van der Waals surface area contributed by atoms with E-state index in [0.29, 0.717) is 30.7 Å². The fourth-order valence-electron chi connectivity index (χ4n) is 4.93. The second-order valence-corrected chi connectivity index (χ2v) is 13.1. The summed E-state index contributed by atoms with van der Waals surface area (Å²) >= 11 is 1.57. The molecule has 1 amide bonds. The number of likely N-dealkylation sites (tertiary alicyclic amines) is 1. The zero-order valence-electron chi connectivity index (χ0n) is 23.4. The van der Waals surface area contributed by atoms with E-state index in [9.17, 15) is 9.00 Å². The van der Waals surface area contributed by atoms with Crippen LogP contribution in [0.3, 0.4) is 0 Å². The van der Waals surface area contributed by atoms with Gasteiger partial charge in [-0.05, 0) is 63.3 Å². The van der Waals surface area contributed by atoms with Gasteiger partial charge in [0.05, 0.1) is 40.0 Å². The Morgan fingerprint density at radius 1 is 1.12 bits per heavy atom. The molecule has 8 nitrogen and oxygen atoms in total. The Labute approximate surface area is 241 Å². The lowest BCUT2D eigenvalue weighted by Gasteiger charge is -2.33. The number of aromatic nitrogens is 2. The number of methoxy groups -OCH3 is 1. The third-order valence-electron chi connectivity index (χ3n) is 6.89. The molecule has 1 fully saturated rings. The molecular weight excluding hydrogens is 544 g/mol. The molecule has 4 aromatic rings. The van der Waals surface area contributed by atoms with Gasteiger partial charge in [-0.1, -0.05) is 24.3 Å². The molecule has 3 heterocycles. The summed E-state index contributed by atoms with van der Waals surface area (Å²) in [6.07, 6.45) is 4.97. The van der Waals surface area contributed by atoms with Crippen LogP contribution in [0.2, 0.25) is 0 Å². The molecule has 2 aromatic heterocycles. The molecule has 1 N–H and O–H groups in total. The van der Waals surface area contributed by atoms with E-state index in [1.54, 1.807) is 29.6 Å². The summed E-state index contributed by atoms with van der Waals surface area (Å²) in [4.78, 5) is 24.4. The molecule has 2 aromatic carbocycles. The molecule has 1 unspecified atom stereocenters. The third-order valence-corrected chi connectivity index (χ3v) is 8.77. The van der Waals surface area contributed by atoms with E-state index in [-0.39, 0.29) is 6.09 Å². The zero-order valence-corrected chi connectivity index (χ0v) is 25.0. The minimum absolute atomic E-state index is 0.250. The van der Waals surface area contributed by atoms with Crippen molar-refractivity contribution in [2.24, 2.45) is 0 Å². The van der Waals surface area contributed by atoms with Gasteiger partial charge in [-0.2, -0.15) is 0 Å². The van der Waals surface area contributed by atoms with Crippen molar-refractivity contribution in [3.05, 3.63) is 59.6 Å². The molecule has 1 aliphatic heterocycles. The number of carbonyl (C=O) groups is 1. The maximum absolute atomic E-state index is 12.4. The summed E-state index contributed by atoms with van der Waals surface area (Å²) in [7, 11) is 0.532. The molecule has 1 atom stereocenters. The highest BCUT2D eigenvalue weighted by Gasteiger charge is 2.28. The van der Waals surface area contributed by atoms with Gasteiger partial charge in [-0.15, -0.1) is 11.3 Å². The number of amides is 1. The van der Waals surface area contributed by atoms with Gasteiger partial charge in [-0.3, -0.25) is 4.21 Å². The Morgan fingerprint density at radius 3 is 2.58 bits per heavy atom.